The van der Waals surface area contributed by atoms with Gasteiger partial charge in [0, 0.05) is 89.2 Å². The normalized spacial score (nSPS) is 10.7. The minimum absolute atomic E-state index is 0.456. The molecule has 7 heterocycles. The summed E-state index contributed by atoms with van der Waals surface area (Å²) in [7, 11) is 0. The second kappa shape index (κ2) is 45.2. The van der Waals surface area contributed by atoms with Gasteiger partial charge in [-0.2, -0.15) is 0 Å². The van der Waals surface area contributed by atoms with Gasteiger partial charge in [-0.3, -0.25) is 34.9 Å². The minimum atomic E-state index is 0.456. The molecule has 117 heavy (non-hydrogen) atoms. The summed E-state index contributed by atoms with van der Waals surface area (Å²) in [6.45, 7) is 30.7. The molecule has 0 unspecified atom stereocenters. The second-order valence-electron chi connectivity index (χ2n) is 31.0. The van der Waals surface area contributed by atoms with E-state index in [1.54, 1.807) is 0 Å². The van der Waals surface area contributed by atoms with Crippen LogP contribution in [0, 0.1) is 0 Å². The van der Waals surface area contributed by atoms with Crippen molar-refractivity contribution in [1.29, 1.82) is 0 Å². The zero-order chi connectivity index (χ0) is 82.7. The fourth-order valence-electron chi connectivity index (χ4n) is 13.5. The van der Waals surface area contributed by atoms with Crippen LogP contribution in [0.5, 0.6) is 0 Å². The Morgan fingerprint density at radius 2 is 0.479 bits per heavy atom. The van der Waals surface area contributed by atoms with Crippen LogP contribution in [0.15, 0.2) is 389 Å². The number of nitrogens with zero attached hydrogens (tertiary/aromatic N) is 7. The number of rotatable bonds is 16. The topological polar surface area (TPSA) is 90.2 Å². The Morgan fingerprint density at radius 1 is 0.162 bits per heavy atom. The first-order valence-electron chi connectivity index (χ1n) is 41.2. The van der Waals surface area contributed by atoms with Gasteiger partial charge in [0.25, 0.3) is 0 Å². The molecule has 0 spiro atoms. The molecule has 0 saturated carbocycles. The highest BCUT2D eigenvalue weighted by Crippen LogP contribution is 2.37. The van der Waals surface area contributed by atoms with Crippen molar-refractivity contribution in [2.75, 3.05) is 0 Å². The van der Waals surface area contributed by atoms with Crippen LogP contribution in [0.2, 0.25) is 0 Å². The molecule has 0 bridgehead atoms. The lowest BCUT2D eigenvalue weighted by Crippen LogP contribution is -1.96. The van der Waals surface area contributed by atoms with Crippen LogP contribution >= 0.6 is 0 Å². The molecule has 0 fully saturated rings. The monoisotopic (exact) mass is 1530 g/mol. The first-order valence-corrected chi connectivity index (χ1v) is 41.2. The van der Waals surface area contributed by atoms with E-state index in [9.17, 15) is 0 Å². The Kier molecular flexibility index (Phi) is 33.4. The third kappa shape index (κ3) is 25.5. The van der Waals surface area contributed by atoms with Crippen molar-refractivity contribution in [3.05, 3.63) is 428 Å². The van der Waals surface area contributed by atoms with Gasteiger partial charge in [0.05, 0.1) is 28.5 Å². The van der Waals surface area contributed by atoms with E-state index in [1.807, 2.05) is 147 Å². The van der Waals surface area contributed by atoms with Gasteiger partial charge in [-0.05, 0) is 168 Å². The molecule has 16 rings (SSSR count). The van der Waals surface area contributed by atoms with Gasteiger partial charge < -0.3 is 0 Å². The molecule has 0 atom stereocenters. The molecule has 0 radical (unpaired) electrons. The van der Waals surface area contributed by atoms with Crippen LogP contribution in [0.1, 0.15) is 177 Å². The summed E-state index contributed by atoms with van der Waals surface area (Å²) >= 11 is 0. The molecule has 7 heteroatoms. The lowest BCUT2D eigenvalue weighted by molar-refractivity contribution is 0.859. The van der Waals surface area contributed by atoms with Gasteiger partial charge in [0.15, 0.2) is 0 Å². The van der Waals surface area contributed by atoms with Gasteiger partial charge in [-0.25, -0.2) is 0 Å². The van der Waals surface area contributed by atoms with Crippen molar-refractivity contribution >= 4 is 0 Å². The molecule has 0 aliphatic carbocycles. The maximum absolute atomic E-state index is 4.66. The van der Waals surface area contributed by atoms with Crippen molar-refractivity contribution in [2.24, 2.45) is 0 Å². The first kappa shape index (κ1) is 86.4. The SMILES string of the molecule is CC(C)c1ccc(-c2ccccc2)nc1.CC(C)c1ccc(-c2ccccc2-c2ccccc2)nc1.CC(C)c1cccnc1-c1ccc(-c2ccccc2)cc1.CC(C)c1cccnc1-c1ccccc1.CC(C)c1cccnc1-c1ccccc1-c1ccccc1.CC(C)c1ccncc1.CC(C)c1ccncc1-c1ccccc1. The summed E-state index contributed by atoms with van der Waals surface area (Å²) in [5, 5.41) is 0. The Bertz CT molecular complexity index is 5420. The average molecular weight is 1530 g/mol. The van der Waals surface area contributed by atoms with E-state index in [1.165, 1.54) is 111 Å². The zero-order valence-electron chi connectivity index (χ0n) is 70.6. The number of benzene rings is 9. The molecule has 0 N–H and O–H groups in total. The van der Waals surface area contributed by atoms with E-state index in [0.717, 1.165) is 28.5 Å². The van der Waals surface area contributed by atoms with E-state index in [0.29, 0.717) is 41.4 Å². The van der Waals surface area contributed by atoms with Gasteiger partial charge in [0.2, 0.25) is 0 Å². The molecule has 16 aromatic rings. The molecule has 0 aliphatic heterocycles. The van der Waals surface area contributed by atoms with Gasteiger partial charge in [0.1, 0.15) is 0 Å². The highest BCUT2D eigenvalue weighted by molar-refractivity contribution is 5.84. The maximum Gasteiger partial charge on any atom is 0.0742 e. The number of aromatic nitrogens is 7. The molecule has 7 nitrogen and oxygen atoms in total. The quantitative estimate of drug-likeness (QED) is 0.0952. The predicted octanol–water partition coefficient (Wildman–Crippen LogP) is 30.4. The summed E-state index contributed by atoms with van der Waals surface area (Å²) in [5.74, 6) is 3.64. The fourth-order valence-corrected chi connectivity index (χ4v) is 13.5. The Hall–Kier alpha value is -13.0. The van der Waals surface area contributed by atoms with Crippen molar-refractivity contribution in [2.45, 2.75) is 138 Å². The van der Waals surface area contributed by atoms with Gasteiger partial charge in [-0.15, -0.1) is 0 Å². The van der Waals surface area contributed by atoms with E-state index < -0.39 is 0 Å². The Labute approximate surface area is 698 Å². The van der Waals surface area contributed by atoms with Crippen molar-refractivity contribution < 1.29 is 0 Å². The summed E-state index contributed by atoms with van der Waals surface area (Å²) in [4.78, 5) is 31.0. The summed E-state index contributed by atoms with van der Waals surface area (Å²) < 4.78 is 0. The van der Waals surface area contributed by atoms with E-state index >= 15 is 0 Å². The highest BCUT2D eigenvalue weighted by atomic mass is 14.7. The van der Waals surface area contributed by atoms with E-state index in [2.05, 4.69) is 374 Å². The smallest absolute Gasteiger partial charge is 0.0742 e. The van der Waals surface area contributed by atoms with Crippen LogP contribution in [0.4, 0.5) is 0 Å². The number of hydrogen-bond acceptors (Lipinski definition) is 7. The molecule has 0 amide bonds. The van der Waals surface area contributed by atoms with Gasteiger partial charge in [-0.1, -0.05) is 382 Å². The molecule has 7 aromatic heterocycles. The third-order valence-electron chi connectivity index (χ3n) is 20.2. The molecule has 9 aromatic carbocycles. The first-order chi connectivity index (χ1) is 56.9. The van der Waals surface area contributed by atoms with Crippen molar-refractivity contribution in [1.82, 2.24) is 34.9 Å². The summed E-state index contributed by atoms with van der Waals surface area (Å²) in [5.41, 5.74) is 30.3. The Morgan fingerprint density at radius 3 is 0.880 bits per heavy atom. The largest absolute Gasteiger partial charge is 0.265 e. The van der Waals surface area contributed by atoms with Crippen LogP contribution in [-0.4, -0.2) is 34.9 Å². The number of pyridine rings is 7. The van der Waals surface area contributed by atoms with Crippen LogP contribution in [0.25, 0.3) is 101 Å². The van der Waals surface area contributed by atoms with Crippen LogP contribution < -0.4 is 0 Å². The average Bonchev–Trinajstić information content (AvgIpc) is 0.810. The third-order valence-corrected chi connectivity index (χ3v) is 20.2. The molecule has 588 valence electrons. The van der Waals surface area contributed by atoms with Crippen molar-refractivity contribution in [3.63, 3.8) is 0 Å². The molecular formula is C110H113N7. The molecule has 0 saturated heterocycles. The van der Waals surface area contributed by atoms with E-state index in [-0.39, 0.29) is 0 Å². The summed E-state index contributed by atoms with van der Waals surface area (Å²) in [6, 6.07) is 115. The minimum Gasteiger partial charge on any atom is -0.265 e. The predicted molar refractivity (Wildman–Crippen MR) is 497 cm³/mol. The second-order valence-corrected chi connectivity index (χ2v) is 31.0. The van der Waals surface area contributed by atoms with Gasteiger partial charge >= 0.3 is 0 Å². The lowest BCUT2D eigenvalue weighted by atomic mass is 9.92. The van der Waals surface area contributed by atoms with Crippen LogP contribution in [-0.2, 0) is 0 Å². The molecule has 0 aliphatic rings. The standard InChI is InChI=1S/3C20H19N.3C14H15N.C8H11N/c1-15(2)17-13-8-14-21-20(17)19-12-7-6-11-18(19)16-9-4-3-5-10-16;1-15(2)17-12-13-20(21-14-17)19-11-7-6-10-18(19)16-8-4-3-5-9-16;1-15(2)19-9-6-14-21-20(19)18-12-10-17(11-13-18)16-7-4-3-5-8-16;1-11(2)13-9-6-10-15-14(13)12-7-4-3-5-8-12;1-11(2)13-8-9-15-10-14(13)12-6-4-3-5-7-12;1-11(2)13-8-9-14(15-10-13)12-6-4-3-5-7-12;1-7(2)8-3-5-9-6-4-8/h3*3-15H,1-2H3;3*3-11H,1-2H3;3-7H,1-2H3. The Balaban J connectivity index is 0.000000146. The fraction of sp³-hybridized carbons (Fsp3) is 0.191. The summed E-state index contributed by atoms with van der Waals surface area (Å²) in [6.07, 6.45) is 17.0. The van der Waals surface area contributed by atoms with Crippen molar-refractivity contribution in [3.8, 4) is 101 Å². The van der Waals surface area contributed by atoms with Crippen LogP contribution in [0.3, 0.4) is 0 Å². The van der Waals surface area contributed by atoms with E-state index in [4.69, 9.17) is 0 Å². The lowest BCUT2D eigenvalue weighted by Gasteiger charge is -2.15. The zero-order valence-corrected chi connectivity index (χ0v) is 70.6. The highest BCUT2D eigenvalue weighted by Gasteiger charge is 2.16. The number of hydrogen-bond donors (Lipinski definition) is 0. The molecular weight excluding hydrogens is 1420 g/mol. The maximum atomic E-state index is 4.66.